The minimum absolute atomic E-state index is 0.0318. The van der Waals surface area contributed by atoms with Crippen LogP contribution in [0.25, 0.3) is 0 Å². The summed E-state index contributed by atoms with van der Waals surface area (Å²) in [7, 11) is 0. The van der Waals surface area contributed by atoms with Gasteiger partial charge in [-0.3, -0.25) is 0 Å². The topological polar surface area (TPSA) is 82.7 Å². The van der Waals surface area contributed by atoms with Crippen molar-refractivity contribution in [2.75, 3.05) is 13.2 Å². The van der Waals surface area contributed by atoms with Gasteiger partial charge < -0.3 is 19.9 Å². The van der Waals surface area contributed by atoms with Crippen LogP contribution in [0.2, 0.25) is 0 Å². The lowest BCUT2D eigenvalue weighted by Crippen LogP contribution is -2.35. The molecule has 0 spiro atoms. The average molecular weight is 253 g/mol. The van der Waals surface area contributed by atoms with Crippen molar-refractivity contribution in [1.82, 2.24) is 5.32 Å². The first kappa shape index (κ1) is 13.1. The average Bonchev–Trinajstić information content (AvgIpc) is 2.98. The van der Waals surface area contributed by atoms with Crippen LogP contribution in [-0.4, -0.2) is 29.3 Å². The zero-order chi connectivity index (χ0) is 13.0. The Morgan fingerprint density at radius 1 is 1.44 bits per heavy atom. The van der Waals surface area contributed by atoms with Gasteiger partial charge in [0, 0.05) is 18.6 Å². The van der Waals surface area contributed by atoms with Gasteiger partial charge in [0.2, 0.25) is 0 Å². The highest BCUT2D eigenvalue weighted by molar-refractivity contribution is 5.88. The molecular formula is C13H19NO4. The van der Waals surface area contributed by atoms with Crippen molar-refractivity contribution in [1.29, 1.82) is 0 Å². The highest BCUT2D eigenvalue weighted by atomic mass is 16.4. The molecular weight excluding hydrogens is 234 g/mol. The first-order valence-electron chi connectivity index (χ1n) is 6.28. The lowest BCUT2D eigenvalue weighted by molar-refractivity contribution is 0.0694. The molecule has 0 bridgehead atoms. The number of aliphatic hydroxyl groups is 1. The van der Waals surface area contributed by atoms with Crippen LogP contribution in [-0.2, 0) is 6.54 Å². The van der Waals surface area contributed by atoms with Gasteiger partial charge in [-0.05, 0) is 18.9 Å². The van der Waals surface area contributed by atoms with Gasteiger partial charge in [0.25, 0.3) is 0 Å². The quantitative estimate of drug-likeness (QED) is 0.717. The van der Waals surface area contributed by atoms with Crippen LogP contribution in [0.1, 0.15) is 41.8 Å². The molecule has 1 heterocycles. The van der Waals surface area contributed by atoms with Gasteiger partial charge in [0.05, 0.1) is 12.8 Å². The van der Waals surface area contributed by atoms with E-state index in [-0.39, 0.29) is 17.6 Å². The van der Waals surface area contributed by atoms with Crippen molar-refractivity contribution in [2.45, 2.75) is 32.2 Å². The number of aliphatic hydroxyl groups excluding tert-OH is 1. The number of carbonyl (C=O) groups is 1. The summed E-state index contributed by atoms with van der Waals surface area (Å²) in [4.78, 5) is 10.9. The minimum Gasteiger partial charge on any atom is -0.478 e. The molecule has 0 aliphatic heterocycles. The molecule has 0 aromatic carbocycles. The normalized spacial score (nSPS) is 18.1. The predicted octanol–water partition coefficient (Wildman–Crippen LogP) is 1.62. The van der Waals surface area contributed by atoms with E-state index < -0.39 is 5.97 Å². The highest BCUT2D eigenvalue weighted by Crippen LogP contribution is 2.36. The Bertz CT molecular complexity index is 407. The molecule has 3 N–H and O–H groups in total. The number of hydrogen-bond donors (Lipinski definition) is 3. The summed E-state index contributed by atoms with van der Waals surface area (Å²) in [6.45, 7) is 1.27. The maximum atomic E-state index is 10.9. The van der Waals surface area contributed by atoms with E-state index in [0.29, 0.717) is 18.8 Å². The monoisotopic (exact) mass is 253 g/mol. The van der Waals surface area contributed by atoms with Crippen molar-refractivity contribution in [3.63, 3.8) is 0 Å². The number of carboxylic acids is 1. The van der Waals surface area contributed by atoms with E-state index >= 15 is 0 Å². The second-order valence-corrected chi connectivity index (χ2v) is 5.03. The smallest absolute Gasteiger partial charge is 0.339 e. The molecule has 1 saturated carbocycles. The SMILES string of the molecule is O=C(O)c1ccoc1CNCC1(CO)CCCC1. The van der Waals surface area contributed by atoms with E-state index in [1.807, 2.05) is 0 Å². The van der Waals surface area contributed by atoms with Gasteiger partial charge >= 0.3 is 5.97 Å². The van der Waals surface area contributed by atoms with E-state index in [1.165, 1.54) is 12.3 Å². The lowest BCUT2D eigenvalue weighted by Gasteiger charge is -2.26. The first-order chi connectivity index (χ1) is 8.67. The van der Waals surface area contributed by atoms with E-state index in [1.54, 1.807) is 0 Å². The molecule has 0 radical (unpaired) electrons. The van der Waals surface area contributed by atoms with E-state index in [9.17, 15) is 9.90 Å². The maximum Gasteiger partial charge on any atom is 0.339 e. The van der Waals surface area contributed by atoms with Crippen LogP contribution in [0.4, 0.5) is 0 Å². The molecule has 1 aliphatic carbocycles. The summed E-state index contributed by atoms with van der Waals surface area (Å²) < 4.78 is 5.15. The molecule has 5 nitrogen and oxygen atoms in total. The van der Waals surface area contributed by atoms with Crippen molar-refractivity contribution in [2.24, 2.45) is 5.41 Å². The van der Waals surface area contributed by atoms with Crippen molar-refractivity contribution < 1.29 is 19.4 Å². The summed E-state index contributed by atoms with van der Waals surface area (Å²) in [5, 5.41) is 21.6. The molecule has 100 valence electrons. The second kappa shape index (κ2) is 5.54. The molecule has 1 aliphatic rings. The number of hydrogen-bond acceptors (Lipinski definition) is 4. The van der Waals surface area contributed by atoms with E-state index in [2.05, 4.69) is 5.32 Å². The van der Waals surface area contributed by atoms with Crippen LogP contribution >= 0.6 is 0 Å². The molecule has 1 aromatic heterocycles. The van der Waals surface area contributed by atoms with Crippen molar-refractivity contribution in [3.05, 3.63) is 23.7 Å². The van der Waals surface area contributed by atoms with E-state index in [4.69, 9.17) is 9.52 Å². The Morgan fingerprint density at radius 3 is 2.78 bits per heavy atom. The molecule has 0 saturated heterocycles. The zero-order valence-corrected chi connectivity index (χ0v) is 10.3. The molecule has 0 unspecified atom stereocenters. The standard InChI is InChI=1S/C13H19NO4/c15-9-13(4-1-2-5-13)8-14-7-11-10(12(16)17)3-6-18-11/h3,6,14-15H,1-2,4-5,7-9H2,(H,16,17). The number of aromatic carboxylic acids is 1. The summed E-state index contributed by atoms with van der Waals surface area (Å²) in [5.41, 5.74) is 0.169. The predicted molar refractivity (Wildman–Crippen MR) is 65.4 cm³/mol. The highest BCUT2D eigenvalue weighted by Gasteiger charge is 2.32. The molecule has 0 amide bonds. The fourth-order valence-electron chi connectivity index (χ4n) is 2.63. The van der Waals surface area contributed by atoms with Gasteiger partial charge in [-0.15, -0.1) is 0 Å². The first-order valence-corrected chi connectivity index (χ1v) is 6.28. The summed E-state index contributed by atoms with van der Waals surface area (Å²) in [5.74, 6) is -0.535. The lowest BCUT2D eigenvalue weighted by atomic mass is 9.87. The number of carboxylic acid groups (broad SMARTS) is 1. The largest absolute Gasteiger partial charge is 0.478 e. The van der Waals surface area contributed by atoms with Crippen LogP contribution in [0.3, 0.4) is 0 Å². The minimum atomic E-state index is -0.974. The van der Waals surface area contributed by atoms with Crippen molar-refractivity contribution >= 4 is 5.97 Å². The maximum absolute atomic E-state index is 10.9. The van der Waals surface area contributed by atoms with Gasteiger partial charge in [-0.25, -0.2) is 4.79 Å². The number of furan rings is 1. The van der Waals surface area contributed by atoms with Crippen LogP contribution in [0.15, 0.2) is 16.7 Å². The fraction of sp³-hybridized carbons (Fsp3) is 0.615. The van der Waals surface area contributed by atoms with Gasteiger partial charge in [-0.1, -0.05) is 12.8 Å². The molecule has 1 fully saturated rings. The molecule has 5 heteroatoms. The van der Waals surface area contributed by atoms with Crippen LogP contribution in [0, 0.1) is 5.41 Å². The third-order valence-corrected chi connectivity index (χ3v) is 3.76. The third kappa shape index (κ3) is 2.73. The third-order valence-electron chi connectivity index (χ3n) is 3.76. The fourth-order valence-corrected chi connectivity index (χ4v) is 2.63. The summed E-state index contributed by atoms with van der Waals surface area (Å²) in [6, 6.07) is 1.46. The van der Waals surface area contributed by atoms with Crippen LogP contribution in [0.5, 0.6) is 0 Å². The summed E-state index contributed by atoms with van der Waals surface area (Å²) in [6.07, 6.45) is 5.76. The van der Waals surface area contributed by atoms with Gasteiger partial charge in [0.15, 0.2) is 0 Å². The Balaban J connectivity index is 1.88. The van der Waals surface area contributed by atoms with Gasteiger partial charge in [0.1, 0.15) is 11.3 Å². The molecule has 2 rings (SSSR count). The van der Waals surface area contributed by atoms with Gasteiger partial charge in [-0.2, -0.15) is 0 Å². The molecule has 18 heavy (non-hydrogen) atoms. The Kier molecular flexibility index (Phi) is 4.04. The molecule has 0 atom stereocenters. The molecule has 1 aromatic rings. The number of rotatable bonds is 6. The Hall–Kier alpha value is -1.33. The van der Waals surface area contributed by atoms with E-state index in [0.717, 1.165) is 25.7 Å². The Labute approximate surface area is 106 Å². The summed E-state index contributed by atoms with van der Waals surface area (Å²) >= 11 is 0. The number of nitrogens with one attached hydrogen (secondary N) is 1. The zero-order valence-electron chi connectivity index (χ0n) is 10.3. The van der Waals surface area contributed by atoms with Crippen molar-refractivity contribution in [3.8, 4) is 0 Å². The Morgan fingerprint density at radius 2 is 2.17 bits per heavy atom. The second-order valence-electron chi connectivity index (χ2n) is 5.03. The van der Waals surface area contributed by atoms with Crippen LogP contribution < -0.4 is 5.32 Å².